The third-order valence-corrected chi connectivity index (χ3v) is 5.26. The minimum atomic E-state index is -0.893. The van der Waals surface area contributed by atoms with Crippen molar-refractivity contribution in [2.45, 2.75) is 39.1 Å². The fourth-order valence-corrected chi connectivity index (χ4v) is 3.68. The van der Waals surface area contributed by atoms with Crippen molar-refractivity contribution in [1.82, 2.24) is 19.7 Å². The van der Waals surface area contributed by atoms with Gasteiger partial charge in [-0.1, -0.05) is 6.07 Å². The second kappa shape index (κ2) is 8.50. The van der Waals surface area contributed by atoms with E-state index < -0.39 is 23.8 Å². The molecule has 0 saturated heterocycles. The first-order valence-electron chi connectivity index (χ1n) is 10.0. The van der Waals surface area contributed by atoms with Gasteiger partial charge in [-0.05, 0) is 31.5 Å². The van der Waals surface area contributed by atoms with Gasteiger partial charge in [-0.25, -0.2) is 13.8 Å². The number of aromatic nitrogens is 4. The highest BCUT2D eigenvalue weighted by molar-refractivity contribution is 6.03. The quantitative estimate of drug-likeness (QED) is 0.535. The minimum absolute atomic E-state index is 0.302. The van der Waals surface area contributed by atoms with Gasteiger partial charge >= 0.3 is 0 Å². The van der Waals surface area contributed by atoms with Crippen LogP contribution >= 0.6 is 0 Å². The molecule has 1 aromatic carbocycles. The number of nitrogens with zero attached hydrogens (tertiary/aromatic N) is 5. The lowest BCUT2D eigenvalue weighted by Gasteiger charge is -2.36. The predicted octanol–water partition coefficient (Wildman–Crippen LogP) is 2.06. The molecule has 2 aromatic heterocycles. The van der Waals surface area contributed by atoms with Gasteiger partial charge < -0.3 is 20.6 Å². The number of aliphatic hydroxyl groups is 1. The Hall–Kier alpha value is -3.60. The van der Waals surface area contributed by atoms with Crippen molar-refractivity contribution in [3.05, 3.63) is 59.0 Å². The number of aliphatic hydroxyl groups excluding tert-OH is 1. The molecule has 1 unspecified atom stereocenters. The Morgan fingerprint density at radius 1 is 1.25 bits per heavy atom. The first kappa shape index (κ1) is 21.6. The van der Waals surface area contributed by atoms with Crippen molar-refractivity contribution in [2.75, 3.05) is 22.6 Å². The summed E-state index contributed by atoms with van der Waals surface area (Å²) < 4.78 is 28.1. The largest absolute Gasteiger partial charge is 0.391 e. The van der Waals surface area contributed by atoms with Crippen molar-refractivity contribution < 1.29 is 18.7 Å². The van der Waals surface area contributed by atoms with Gasteiger partial charge in [-0.15, -0.1) is 0 Å². The van der Waals surface area contributed by atoms with Crippen LogP contribution in [0.3, 0.4) is 0 Å². The third kappa shape index (κ3) is 4.24. The lowest BCUT2D eigenvalue weighted by molar-refractivity contribution is -0.119. The number of benzene rings is 1. The van der Waals surface area contributed by atoms with E-state index in [0.717, 1.165) is 17.7 Å². The summed E-state index contributed by atoms with van der Waals surface area (Å²) >= 11 is 0. The molecule has 1 aliphatic rings. The zero-order chi connectivity index (χ0) is 23.0. The van der Waals surface area contributed by atoms with Gasteiger partial charge in [0.2, 0.25) is 11.9 Å². The average Bonchev–Trinajstić information content (AvgIpc) is 3.17. The topological polar surface area (TPSA) is 108 Å². The van der Waals surface area contributed by atoms with E-state index in [-0.39, 0.29) is 5.91 Å². The van der Waals surface area contributed by atoms with Crippen LogP contribution in [0.15, 0.2) is 30.6 Å². The van der Waals surface area contributed by atoms with Crippen LogP contribution in [-0.2, 0) is 17.9 Å². The molecule has 0 radical (unpaired) electrons. The van der Waals surface area contributed by atoms with Crippen molar-refractivity contribution in [2.24, 2.45) is 0 Å². The van der Waals surface area contributed by atoms with Crippen LogP contribution in [-0.4, -0.2) is 50.0 Å². The summed E-state index contributed by atoms with van der Waals surface area (Å²) in [5.41, 5.74) is 2.54. The number of carbonyl (C=O) groups is 1. The molecule has 1 aliphatic heterocycles. The number of rotatable bonds is 6. The molecule has 4 rings (SSSR count). The predicted molar refractivity (Wildman–Crippen MR) is 114 cm³/mol. The van der Waals surface area contributed by atoms with E-state index in [9.17, 15) is 18.7 Å². The molecule has 3 aromatic rings. The Kier molecular flexibility index (Phi) is 5.74. The van der Waals surface area contributed by atoms with Gasteiger partial charge in [-0.2, -0.15) is 10.1 Å². The van der Waals surface area contributed by atoms with Gasteiger partial charge in [0.1, 0.15) is 11.7 Å². The zero-order valence-electron chi connectivity index (χ0n) is 17.8. The molecule has 32 heavy (non-hydrogen) atoms. The minimum Gasteiger partial charge on any atom is -0.391 e. The van der Waals surface area contributed by atoms with Crippen LogP contribution in [0.25, 0.3) is 0 Å². The number of fused-ring (bicyclic) bond motifs is 1. The second-order valence-corrected chi connectivity index (χ2v) is 7.77. The van der Waals surface area contributed by atoms with Crippen LogP contribution in [0.1, 0.15) is 23.7 Å². The molecule has 0 saturated carbocycles. The van der Waals surface area contributed by atoms with Crippen LogP contribution in [0.2, 0.25) is 0 Å². The standard InChI is InChI=1S/C21H23F2N7O2/c1-11-17-19(29(3)18(12(2)31)20(32)27-17)28-21(26-11)24-7-14-8-25-30(10-14)9-13-4-5-15(22)16(23)6-13/h4-6,8,10,12,18,31H,7,9H2,1-3H3,(H,27,32)(H,24,26,28)/t12-,18?/m1/s1. The number of hydrogen-bond acceptors (Lipinski definition) is 7. The van der Waals surface area contributed by atoms with Crippen LogP contribution < -0.4 is 15.5 Å². The van der Waals surface area contributed by atoms with Gasteiger partial charge in [0.25, 0.3) is 0 Å². The number of likely N-dealkylation sites (N-methyl/N-ethyl adjacent to an activating group) is 1. The summed E-state index contributed by atoms with van der Waals surface area (Å²) in [6, 6.07) is 3.00. The summed E-state index contributed by atoms with van der Waals surface area (Å²) in [5, 5.41) is 20.1. The smallest absolute Gasteiger partial charge is 0.249 e. The fraction of sp³-hybridized carbons (Fsp3) is 0.333. The highest BCUT2D eigenvalue weighted by Gasteiger charge is 2.36. The molecule has 0 bridgehead atoms. The molecule has 0 aliphatic carbocycles. The second-order valence-electron chi connectivity index (χ2n) is 7.77. The maximum Gasteiger partial charge on any atom is 0.249 e. The Morgan fingerprint density at radius 3 is 2.75 bits per heavy atom. The highest BCUT2D eigenvalue weighted by Crippen LogP contribution is 2.33. The maximum absolute atomic E-state index is 13.4. The fourth-order valence-electron chi connectivity index (χ4n) is 3.68. The average molecular weight is 443 g/mol. The summed E-state index contributed by atoms with van der Waals surface area (Å²) in [7, 11) is 1.70. The summed E-state index contributed by atoms with van der Waals surface area (Å²) in [6.45, 7) is 4.00. The summed E-state index contributed by atoms with van der Waals surface area (Å²) in [6.07, 6.45) is 2.57. The maximum atomic E-state index is 13.4. The van der Waals surface area contributed by atoms with E-state index in [1.165, 1.54) is 6.07 Å². The van der Waals surface area contributed by atoms with E-state index in [1.807, 2.05) is 0 Å². The lowest BCUT2D eigenvalue weighted by atomic mass is 10.1. The van der Waals surface area contributed by atoms with Gasteiger partial charge in [-0.3, -0.25) is 9.48 Å². The van der Waals surface area contributed by atoms with E-state index in [0.29, 0.717) is 41.8 Å². The number of hydrogen-bond donors (Lipinski definition) is 3. The summed E-state index contributed by atoms with van der Waals surface area (Å²) in [5.74, 6) is -1.21. The van der Waals surface area contributed by atoms with Crippen molar-refractivity contribution in [3.8, 4) is 0 Å². The molecule has 3 heterocycles. The van der Waals surface area contributed by atoms with E-state index in [2.05, 4.69) is 25.7 Å². The number of halogens is 2. The molecule has 11 heteroatoms. The molecule has 2 atom stereocenters. The first-order chi connectivity index (χ1) is 15.2. The van der Waals surface area contributed by atoms with Crippen molar-refractivity contribution in [3.63, 3.8) is 0 Å². The molecule has 1 amide bonds. The lowest BCUT2D eigenvalue weighted by Crippen LogP contribution is -2.52. The number of anilines is 3. The Morgan fingerprint density at radius 2 is 2.03 bits per heavy atom. The SMILES string of the molecule is Cc1nc(NCc2cnn(Cc3ccc(F)c(F)c3)c2)nc2c1NC(=O)C([C@@H](C)O)N2C. The Bertz CT molecular complexity index is 1170. The Balaban J connectivity index is 1.46. The van der Waals surface area contributed by atoms with Crippen LogP contribution in [0.5, 0.6) is 0 Å². The van der Waals surface area contributed by atoms with E-state index in [4.69, 9.17) is 0 Å². The zero-order valence-corrected chi connectivity index (χ0v) is 17.8. The number of nitrogens with one attached hydrogen (secondary N) is 2. The summed E-state index contributed by atoms with van der Waals surface area (Å²) in [4.78, 5) is 22.8. The van der Waals surface area contributed by atoms with E-state index in [1.54, 1.807) is 42.9 Å². The molecular formula is C21H23F2N7O2. The molecule has 9 nitrogen and oxygen atoms in total. The molecule has 168 valence electrons. The molecule has 0 fully saturated rings. The van der Waals surface area contributed by atoms with Gasteiger partial charge in [0.15, 0.2) is 17.5 Å². The van der Waals surface area contributed by atoms with Gasteiger partial charge in [0, 0.05) is 25.4 Å². The number of carbonyl (C=O) groups excluding carboxylic acids is 1. The monoisotopic (exact) mass is 443 g/mol. The normalized spacial score (nSPS) is 16.5. The number of amides is 1. The highest BCUT2D eigenvalue weighted by atomic mass is 19.2. The van der Waals surface area contributed by atoms with Crippen molar-refractivity contribution in [1.29, 1.82) is 0 Å². The number of aryl methyl sites for hydroxylation is 1. The third-order valence-electron chi connectivity index (χ3n) is 5.26. The van der Waals surface area contributed by atoms with E-state index >= 15 is 0 Å². The molecule has 0 spiro atoms. The first-order valence-corrected chi connectivity index (χ1v) is 10.0. The Labute approximate surface area is 183 Å². The van der Waals surface area contributed by atoms with Gasteiger partial charge in [0.05, 0.1) is 24.5 Å². The molecule has 3 N–H and O–H groups in total. The van der Waals surface area contributed by atoms with Crippen LogP contribution in [0, 0.1) is 18.6 Å². The van der Waals surface area contributed by atoms with Crippen LogP contribution in [0.4, 0.5) is 26.2 Å². The molecular weight excluding hydrogens is 420 g/mol. The van der Waals surface area contributed by atoms with Crippen molar-refractivity contribution >= 4 is 23.4 Å².